The lowest BCUT2D eigenvalue weighted by molar-refractivity contribution is -0.149. The molecule has 1 rings (SSSR count). The summed E-state index contributed by atoms with van der Waals surface area (Å²) < 4.78 is 0. The fraction of sp³-hybridized carbons (Fsp3) is 0.500. The molecule has 5 nitrogen and oxygen atoms in total. The Morgan fingerprint density at radius 2 is 2.25 bits per heavy atom. The van der Waals surface area contributed by atoms with Crippen molar-refractivity contribution in [2.45, 2.75) is 20.4 Å². The molecule has 0 aliphatic rings. The molecule has 0 radical (unpaired) electrons. The molecule has 1 heterocycles. The Kier molecular flexibility index (Phi) is 4.00. The van der Waals surface area contributed by atoms with Crippen LogP contribution in [0.15, 0.2) is 6.20 Å². The van der Waals surface area contributed by atoms with E-state index in [0.29, 0.717) is 6.54 Å². The van der Waals surface area contributed by atoms with Crippen molar-refractivity contribution in [3.63, 3.8) is 0 Å². The lowest BCUT2D eigenvalue weighted by atomic mass is 10.1. The van der Waals surface area contributed by atoms with Gasteiger partial charge in [-0.1, -0.05) is 0 Å². The summed E-state index contributed by atoms with van der Waals surface area (Å²) in [6.07, 6.45) is 1.70. The van der Waals surface area contributed by atoms with E-state index in [-0.39, 0.29) is 0 Å². The number of aryl methyl sites for hydroxylation is 1. The first kappa shape index (κ1) is 12.6. The number of carbonyl (C=O) groups is 2. The summed E-state index contributed by atoms with van der Waals surface area (Å²) in [4.78, 5) is 28.7. The van der Waals surface area contributed by atoms with E-state index in [1.54, 1.807) is 13.2 Å². The molecule has 1 unspecified atom stereocenters. The van der Waals surface area contributed by atoms with Gasteiger partial charge in [0.1, 0.15) is 5.92 Å². The number of aliphatic carboxylic acids is 1. The third-order valence-corrected chi connectivity index (χ3v) is 3.08. The highest BCUT2D eigenvalue weighted by Gasteiger charge is 2.24. The Morgan fingerprint density at radius 3 is 2.69 bits per heavy atom. The van der Waals surface area contributed by atoms with Gasteiger partial charge < -0.3 is 10.0 Å². The van der Waals surface area contributed by atoms with Gasteiger partial charge in [0.2, 0.25) is 5.91 Å². The number of hydrogen-bond acceptors (Lipinski definition) is 4. The molecule has 88 valence electrons. The van der Waals surface area contributed by atoms with E-state index in [9.17, 15) is 9.59 Å². The van der Waals surface area contributed by atoms with Crippen LogP contribution in [0.5, 0.6) is 0 Å². The average Bonchev–Trinajstić information content (AvgIpc) is 2.61. The van der Waals surface area contributed by atoms with Crippen molar-refractivity contribution in [2.75, 3.05) is 7.05 Å². The van der Waals surface area contributed by atoms with Crippen molar-refractivity contribution in [1.29, 1.82) is 0 Å². The number of carboxylic acid groups (broad SMARTS) is 1. The summed E-state index contributed by atoms with van der Waals surface area (Å²) in [7, 11) is 1.59. The number of thiazole rings is 1. The van der Waals surface area contributed by atoms with E-state index in [2.05, 4.69) is 4.98 Å². The normalized spacial score (nSPS) is 12.2. The molecule has 0 aliphatic heterocycles. The third kappa shape index (κ3) is 3.03. The van der Waals surface area contributed by atoms with E-state index < -0.39 is 17.8 Å². The van der Waals surface area contributed by atoms with Crippen LogP contribution < -0.4 is 0 Å². The van der Waals surface area contributed by atoms with Crippen LogP contribution in [0, 0.1) is 12.8 Å². The van der Waals surface area contributed by atoms with E-state index in [1.165, 1.54) is 23.2 Å². The van der Waals surface area contributed by atoms with Crippen LogP contribution in [0.1, 0.15) is 16.8 Å². The third-order valence-electron chi connectivity index (χ3n) is 2.18. The van der Waals surface area contributed by atoms with Crippen molar-refractivity contribution in [3.05, 3.63) is 16.1 Å². The molecule has 6 heteroatoms. The zero-order valence-corrected chi connectivity index (χ0v) is 10.2. The van der Waals surface area contributed by atoms with Crippen LogP contribution in [-0.4, -0.2) is 33.9 Å². The maximum Gasteiger partial charge on any atom is 0.315 e. The van der Waals surface area contributed by atoms with Crippen LogP contribution in [0.25, 0.3) is 0 Å². The molecule has 1 aromatic heterocycles. The molecular formula is C10H14N2O3S. The molecule has 0 saturated carbocycles. The van der Waals surface area contributed by atoms with Gasteiger partial charge >= 0.3 is 5.97 Å². The van der Waals surface area contributed by atoms with Crippen LogP contribution >= 0.6 is 11.3 Å². The van der Waals surface area contributed by atoms with Gasteiger partial charge in [0.05, 0.1) is 11.6 Å². The number of nitrogens with zero attached hydrogens (tertiary/aromatic N) is 2. The summed E-state index contributed by atoms with van der Waals surface area (Å²) in [6.45, 7) is 3.68. The first-order valence-electron chi connectivity index (χ1n) is 4.81. The Bertz CT molecular complexity index is 403. The molecule has 0 bridgehead atoms. The Labute approximate surface area is 97.7 Å². The van der Waals surface area contributed by atoms with E-state index in [1.807, 2.05) is 6.92 Å². The second-order valence-corrected chi connectivity index (χ2v) is 4.92. The lowest BCUT2D eigenvalue weighted by Gasteiger charge is -2.18. The van der Waals surface area contributed by atoms with Gasteiger partial charge in [-0.05, 0) is 13.8 Å². The van der Waals surface area contributed by atoms with Gasteiger partial charge in [0.25, 0.3) is 0 Å². The second kappa shape index (κ2) is 5.07. The largest absolute Gasteiger partial charge is 0.481 e. The quantitative estimate of drug-likeness (QED) is 0.803. The minimum absolute atomic E-state index is 0.390. The molecule has 1 N–H and O–H groups in total. The van der Waals surface area contributed by atoms with E-state index >= 15 is 0 Å². The van der Waals surface area contributed by atoms with Gasteiger partial charge in [-0.3, -0.25) is 9.59 Å². The highest BCUT2D eigenvalue weighted by atomic mass is 32.1. The topological polar surface area (TPSA) is 70.5 Å². The number of aromatic nitrogens is 1. The number of rotatable bonds is 4. The monoisotopic (exact) mass is 242 g/mol. The van der Waals surface area contributed by atoms with Crippen LogP contribution in [0.3, 0.4) is 0 Å². The van der Waals surface area contributed by atoms with Crippen molar-refractivity contribution in [3.8, 4) is 0 Å². The van der Waals surface area contributed by atoms with Crippen molar-refractivity contribution in [2.24, 2.45) is 5.92 Å². The fourth-order valence-corrected chi connectivity index (χ4v) is 2.07. The van der Waals surface area contributed by atoms with Crippen molar-refractivity contribution in [1.82, 2.24) is 9.88 Å². The second-order valence-electron chi connectivity index (χ2n) is 3.60. The van der Waals surface area contributed by atoms with Gasteiger partial charge in [-0.25, -0.2) is 4.98 Å². The first-order chi connectivity index (χ1) is 7.41. The number of carbonyl (C=O) groups excluding carboxylic acids is 1. The molecule has 1 aromatic rings. The van der Waals surface area contributed by atoms with Gasteiger partial charge in [0.15, 0.2) is 0 Å². The number of carboxylic acids is 1. The predicted molar refractivity (Wildman–Crippen MR) is 60.1 cm³/mol. The Balaban J connectivity index is 2.62. The number of amides is 1. The minimum Gasteiger partial charge on any atom is -0.481 e. The van der Waals surface area contributed by atoms with Crippen molar-refractivity contribution < 1.29 is 14.7 Å². The SMILES string of the molecule is Cc1ncc(CN(C)C(=O)C(C)C(=O)O)s1. The summed E-state index contributed by atoms with van der Waals surface area (Å²) in [5.41, 5.74) is 0. The Hall–Kier alpha value is -1.43. The molecule has 0 aliphatic carbocycles. The fourth-order valence-electron chi connectivity index (χ4n) is 1.23. The van der Waals surface area contributed by atoms with E-state index in [4.69, 9.17) is 5.11 Å². The summed E-state index contributed by atoms with van der Waals surface area (Å²) >= 11 is 1.50. The molecule has 16 heavy (non-hydrogen) atoms. The highest BCUT2D eigenvalue weighted by Crippen LogP contribution is 2.14. The minimum atomic E-state index is -1.10. The summed E-state index contributed by atoms with van der Waals surface area (Å²) in [5, 5.41) is 9.65. The molecule has 0 fully saturated rings. The highest BCUT2D eigenvalue weighted by molar-refractivity contribution is 7.11. The predicted octanol–water partition coefficient (Wildman–Crippen LogP) is 1.13. The number of hydrogen-bond donors (Lipinski definition) is 1. The maximum absolute atomic E-state index is 11.6. The molecular weight excluding hydrogens is 228 g/mol. The van der Waals surface area contributed by atoms with Gasteiger partial charge in [0, 0.05) is 18.1 Å². The zero-order chi connectivity index (χ0) is 12.3. The molecule has 0 spiro atoms. The zero-order valence-electron chi connectivity index (χ0n) is 9.43. The van der Waals surface area contributed by atoms with Gasteiger partial charge in [-0.15, -0.1) is 11.3 Å². The van der Waals surface area contributed by atoms with Crippen LogP contribution in [-0.2, 0) is 16.1 Å². The van der Waals surface area contributed by atoms with Gasteiger partial charge in [-0.2, -0.15) is 0 Å². The summed E-state index contributed by atoms with van der Waals surface area (Å²) in [5.74, 6) is -2.49. The molecule has 0 saturated heterocycles. The molecule has 0 aromatic carbocycles. The average molecular weight is 242 g/mol. The molecule has 1 atom stereocenters. The smallest absolute Gasteiger partial charge is 0.315 e. The Morgan fingerprint density at radius 1 is 1.62 bits per heavy atom. The standard InChI is InChI=1S/C10H14N2O3S/c1-6(10(14)15)9(13)12(3)5-8-4-11-7(2)16-8/h4,6H,5H2,1-3H3,(H,14,15). The van der Waals surface area contributed by atoms with E-state index in [0.717, 1.165) is 9.88 Å². The van der Waals surface area contributed by atoms with Crippen molar-refractivity contribution >= 4 is 23.2 Å². The van der Waals surface area contributed by atoms with Crippen LogP contribution in [0.2, 0.25) is 0 Å². The molecule has 1 amide bonds. The maximum atomic E-state index is 11.6. The van der Waals surface area contributed by atoms with Crippen LogP contribution in [0.4, 0.5) is 0 Å². The first-order valence-corrected chi connectivity index (χ1v) is 5.62. The lowest BCUT2D eigenvalue weighted by Crippen LogP contribution is -2.34. The summed E-state index contributed by atoms with van der Waals surface area (Å²) in [6, 6.07) is 0.